The van der Waals surface area contributed by atoms with E-state index in [-0.39, 0.29) is 24.0 Å². The van der Waals surface area contributed by atoms with Crippen molar-refractivity contribution in [3.8, 4) is 0 Å². The summed E-state index contributed by atoms with van der Waals surface area (Å²) in [5.41, 5.74) is 1.02. The Hall–Kier alpha value is -1.09. The number of hydrogen-bond acceptors (Lipinski definition) is 4. The third kappa shape index (κ3) is 5.99. The van der Waals surface area contributed by atoms with Crippen LogP contribution in [0.3, 0.4) is 0 Å². The third-order valence-corrected chi connectivity index (χ3v) is 4.84. The second kappa shape index (κ2) is 9.56. The molecule has 2 aliphatic rings. The predicted molar refractivity (Wildman–Crippen MR) is 115 cm³/mol. The zero-order chi connectivity index (χ0) is 16.9. The second-order valence-electron chi connectivity index (χ2n) is 6.99. The van der Waals surface area contributed by atoms with Gasteiger partial charge in [0.1, 0.15) is 5.82 Å². The first-order chi connectivity index (χ1) is 11.7. The normalized spacial score (nSPS) is 19.2. The summed E-state index contributed by atoms with van der Waals surface area (Å²) in [4.78, 5) is 13.7. The van der Waals surface area contributed by atoms with Crippen molar-refractivity contribution in [3.05, 3.63) is 23.9 Å². The molecule has 7 heteroatoms. The molecule has 1 aromatic rings. The van der Waals surface area contributed by atoms with Crippen molar-refractivity contribution in [1.29, 1.82) is 0 Å². The Morgan fingerprint density at radius 3 is 2.56 bits per heavy atom. The molecule has 2 fully saturated rings. The van der Waals surface area contributed by atoms with Gasteiger partial charge in [-0.1, -0.05) is 6.07 Å². The van der Waals surface area contributed by atoms with Crippen LogP contribution in [0.2, 0.25) is 0 Å². The van der Waals surface area contributed by atoms with Gasteiger partial charge < -0.3 is 20.4 Å². The number of rotatable bonds is 5. The summed E-state index contributed by atoms with van der Waals surface area (Å²) >= 11 is 0. The van der Waals surface area contributed by atoms with E-state index in [1.54, 1.807) is 0 Å². The molecule has 0 radical (unpaired) electrons. The molecule has 0 atom stereocenters. The monoisotopic (exact) mass is 458 g/mol. The zero-order valence-electron chi connectivity index (χ0n) is 15.5. The zero-order valence-corrected chi connectivity index (χ0v) is 17.9. The Bertz CT molecular complexity index is 564. The average molecular weight is 458 g/mol. The van der Waals surface area contributed by atoms with E-state index < -0.39 is 0 Å². The van der Waals surface area contributed by atoms with Crippen molar-refractivity contribution in [2.24, 2.45) is 4.99 Å². The van der Waals surface area contributed by atoms with Crippen LogP contribution in [0.5, 0.6) is 0 Å². The molecule has 25 heavy (non-hydrogen) atoms. The van der Waals surface area contributed by atoms with Crippen LogP contribution in [-0.4, -0.2) is 62.2 Å². The lowest BCUT2D eigenvalue weighted by atomic mass is 10.1. The molecule has 0 spiro atoms. The maximum Gasteiger partial charge on any atom is 0.191 e. The Balaban J connectivity index is 0.00000225. The minimum absolute atomic E-state index is 0. The number of nitrogens with one attached hydrogen (secondary N) is 2. The van der Waals surface area contributed by atoms with Gasteiger partial charge in [0.05, 0.1) is 12.2 Å². The van der Waals surface area contributed by atoms with Crippen molar-refractivity contribution in [2.75, 3.05) is 39.1 Å². The number of aliphatic imine (C=N–C) groups is 1. The molecule has 1 aromatic heterocycles. The first-order valence-corrected chi connectivity index (χ1v) is 9.00. The molecule has 2 heterocycles. The summed E-state index contributed by atoms with van der Waals surface area (Å²) in [6.45, 7) is 3.11. The van der Waals surface area contributed by atoms with E-state index in [0.29, 0.717) is 12.6 Å². The van der Waals surface area contributed by atoms with E-state index in [9.17, 15) is 0 Å². The van der Waals surface area contributed by atoms with Crippen LogP contribution in [0.15, 0.2) is 23.2 Å². The molecule has 6 nitrogen and oxygen atoms in total. The molecule has 140 valence electrons. The number of pyridine rings is 1. The molecule has 3 rings (SSSR count). The number of nitrogens with zero attached hydrogens (tertiary/aromatic N) is 4. The summed E-state index contributed by atoms with van der Waals surface area (Å²) < 4.78 is 0. The highest BCUT2D eigenvalue weighted by atomic mass is 127. The van der Waals surface area contributed by atoms with E-state index in [0.717, 1.165) is 23.5 Å². The highest BCUT2D eigenvalue weighted by Crippen LogP contribution is 2.29. The van der Waals surface area contributed by atoms with Crippen molar-refractivity contribution in [1.82, 2.24) is 20.5 Å². The van der Waals surface area contributed by atoms with E-state index in [1.807, 2.05) is 44.2 Å². The van der Waals surface area contributed by atoms with Crippen molar-refractivity contribution < 1.29 is 0 Å². The van der Waals surface area contributed by atoms with Gasteiger partial charge in [0.25, 0.3) is 0 Å². The van der Waals surface area contributed by atoms with E-state index in [1.165, 1.54) is 38.8 Å². The number of piperidine rings is 1. The Morgan fingerprint density at radius 1 is 1.24 bits per heavy atom. The predicted octanol–water partition coefficient (Wildman–Crippen LogP) is 2.06. The van der Waals surface area contributed by atoms with Gasteiger partial charge in [0.15, 0.2) is 5.96 Å². The van der Waals surface area contributed by atoms with Gasteiger partial charge in [0.2, 0.25) is 0 Å². The van der Waals surface area contributed by atoms with Gasteiger partial charge in [-0.25, -0.2) is 4.98 Å². The number of likely N-dealkylation sites (tertiary alicyclic amines) is 1. The SMILES string of the molecule is CN=C(NCc1cccc(N(C)C)n1)NC1CCN(C2CC2)CC1.I. The summed E-state index contributed by atoms with van der Waals surface area (Å²) in [5.74, 6) is 1.85. The summed E-state index contributed by atoms with van der Waals surface area (Å²) in [5, 5.41) is 6.96. The molecule has 0 unspecified atom stereocenters. The van der Waals surface area contributed by atoms with Gasteiger partial charge in [-0.05, 0) is 37.8 Å². The lowest BCUT2D eigenvalue weighted by molar-refractivity contribution is 0.197. The van der Waals surface area contributed by atoms with E-state index in [2.05, 4.69) is 25.5 Å². The molecule has 1 saturated heterocycles. The standard InChI is InChI=1S/C18H30N6.HI/c1-19-18(20-13-15-5-4-6-17(21-15)23(2)3)22-14-9-11-24(12-10-14)16-7-8-16;/h4-6,14,16H,7-13H2,1-3H3,(H2,19,20,22);1H. The lowest BCUT2D eigenvalue weighted by Gasteiger charge is -2.33. The fourth-order valence-electron chi connectivity index (χ4n) is 3.23. The lowest BCUT2D eigenvalue weighted by Crippen LogP contribution is -2.48. The number of hydrogen-bond donors (Lipinski definition) is 2. The third-order valence-electron chi connectivity index (χ3n) is 4.84. The summed E-state index contributed by atoms with van der Waals surface area (Å²) in [6.07, 6.45) is 5.21. The maximum absolute atomic E-state index is 4.64. The van der Waals surface area contributed by atoms with Gasteiger partial charge in [-0.2, -0.15) is 0 Å². The molecule has 2 N–H and O–H groups in total. The van der Waals surface area contributed by atoms with Crippen molar-refractivity contribution >= 4 is 35.8 Å². The van der Waals surface area contributed by atoms with Crippen LogP contribution in [0.1, 0.15) is 31.4 Å². The molecule has 1 aliphatic heterocycles. The van der Waals surface area contributed by atoms with Gasteiger partial charge in [-0.15, -0.1) is 24.0 Å². The smallest absolute Gasteiger partial charge is 0.191 e. The number of halogens is 1. The Morgan fingerprint density at radius 2 is 1.96 bits per heavy atom. The summed E-state index contributed by atoms with van der Waals surface area (Å²) in [7, 11) is 5.85. The fourth-order valence-corrected chi connectivity index (χ4v) is 3.23. The number of anilines is 1. The highest BCUT2D eigenvalue weighted by molar-refractivity contribution is 14.0. The molecule has 0 bridgehead atoms. The summed E-state index contributed by atoms with van der Waals surface area (Å²) in [6, 6.07) is 7.51. The number of aromatic nitrogens is 1. The first-order valence-electron chi connectivity index (χ1n) is 9.00. The van der Waals surface area contributed by atoms with Gasteiger partial charge in [-0.3, -0.25) is 4.99 Å². The Labute approximate surface area is 168 Å². The molecule has 1 saturated carbocycles. The van der Waals surface area contributed by atoms with Crippen LogP contribution in [-0.2, 0) is 6.54 Å². The molecule has 1 aliphatic carbocycles. The van der Waals surface area contributed by atoms with Crippen LogP contribution < -0.4 is 15.5 Å². The van der Waals surface area contributed by atoms with Crippen molar-refractivity contribution in [3.63, 3.8) is 0 Å². The van der Waals surface area contributed by atoms with Crippen LogP contribution in [0, 0.1) is 0 Å². The quantitative estimate of drug-likeness (QED) is 0.402. The maximum atomic E-state index is 4.64. The van der Waals surface area contributed by atoms with Gasteiger partial charge >= 0.3 is 0 Å². The first kappa shape index (κ1) is 20.2. The van der Waals surface area contributed by atoms with Crippen LogP contribution in [0.25, 0.3) is 0 Å². The van der Waals surface area contributed by atoms with Crippen LogP contribution >= 0.6 is 24.0 Å². The molecule has 0 aromatic carbocycles. The average Bonchev–Trinajstić information content (AvgIpc) is 3.44. The molecule has 0 amide bonds. The Kier molecular flexibility index (Phi) is 7.74. The molecular weight excluding hydrogens is 427 g/mol. The largest absolute Gasteiger partial charge is 0.363 e. The van der Waals surface area contributed by atoms with E-state index >= 15 is 0 Å². The van der Waals surface area contributed by atoms with Crippen LogP contribution in [0.4, 0.5) is 5.82 Å². The highest BCUT2D eigenvalue weighted by Gasteiger charge is 2.31. The minimum Gasteiger partial charge on any atom is -0.363 e. The fraction of sp³-hybridized carbons (Fsp3) is 0.667. The topological polar surface area (TPSA) is 55.8 Å². The second-order valence-corrected chi connectivity index (χ2v) is 6.99. The minimum atomic E-state index is 0. The number of guanidine groups is 1. The van der Waals surface area contributed by atoms with Gasteiger partial charge in [0, 0.05) is 46.3 Å². The molecular formula is C18H31IN6. The van der Waals surface area contributed by atoms with Crippen molar-refractivity contribution in [2.45, 2.75) is 44.3 Å². The van der Waals surface area contributed by atoms with E-state index in [4.69, 9.17) is 0 Å².